The number of hydrogen-bond donors (Lipinski definition) is 0. The smallest absolute Gasteiger partial charge is 0.238 e. The average Bonchev–Trinajstić information content (AvgIpc) is 2.89. The maximum Gasteiger partial charge on any atom is 0.238 e. The van der Waals surface area contributed by atoms with Crippen molar-refractivity contribution in [1.82, 2.24) is 14.6 Å². The van der Waals surface area contributed by atoms with Gasteiger partial charge in [-0.1, -0.05) is 19.4 Å². The van der Waals surface area contributed by atoms with Crippen molar-refractivity contribution >= 4 is 5.91 Å². The Kier molecular flexibility index (Phi) is 4.28. The minimum Gasteiger partial charge on any atom is -0.273 e. The van der Waals surface area contributed by atoms with Gasteiger partial charge in [-0.3, -0.25) is 9.78 Å². The van der Waals surface area contributed by atoms with Crippen LogP contribution in [0.1, 0.15) is 26.7 Å². The first-order chi connectivity index (χ1) is 9.24. The summed E-state index contributed by atoms with van der Waals surface area (Å²) >= 11 is 0. The molecule has 2 aromatic rings. The third-order valence-corrected chi connectivity index (χ3v) is 2.86. The number of carbonyl (C=O) groups excluding carboxylic acids is 1. The molecule has 0 aliphatic rings. The quantitative estimate of drug-likeness (QED) is 0.826. The maximum atomic E-state index is 11.8. The Morgan fingerprint density at radius 2 is 2.16 bits per heavy atom. The molecule has 19 heavy (non-hydrogen) atoms. The zero-order valence-electron chi connectivity index (χ0n) is 11.3. The maximum absolute atomic E-state index is 11.8. The number of rotatable bonds is 5. The lowest BCUT2D eigenvalue weighted by Gasteiger charge is -2.23. The molecule has 0 bridgehead atoms. The minimum absolute atomic E-state index is 0.00336. The highest BCUT2D eigenvalue weighted by Gasteiger charge is 2.15. The van der Waals surface area contributed by atoms with Crippen molar-refractivity contribution in [3.8, 4) is 11.5 Å². The van der Waals surface area contributed by atoms with Gasteiger partial charge in [-0.15, -0.1) is 0 Å². The molecule has 0 saturated heterocycles. The fraction of sp³-hybridized carbons (Fsp3) is 0.357. The van der Waals surface area contributed by atoms with Crippen LogP contribution in [0.4, 0.5) is 0 Å². The summed E-state index contributed by atoms with van der Waals surface area (Å²) in [5.74, 6) is 0.690. The molecule has 0 atom stereocenters. The van der Waals surface area contributed by atoms with E-state index in [1.165, 1.54) is 0 Å². The highest BCUT2D eigenvalue weighted by molar-refractivity contribution is 5.84. The van der Waals surface area contributed by atoms with Gasteiger partial charge in [0.2, 0.25) is 5.91 Å². The zero-order valence-corrected chi connectivity index (χ0v) is 11.3. The summed E-state index contributed by atoms with van der Waals surface area (Å²) in [7, 11) is 0. The van der Waals surface area contributed by atoms with E-state index >= 15 is 0 Å². The standard InChI is InChI=1S/C14H18N4O/c1-3-4-10-17(12(2)19)18-11-9-16-14(18)13-7-5-6-8-15-13/h5-9,11H,3-4,10H2,1-2H3. The van der Waals surface area contributed by atoms with Gasteiger partial charge in [-0.25, -0.2) is 14.7 Å². The largest absolute Gasteiger partial charge is 0.273 e. The van der Waals surface area contributed by atoms with Crippen LogP contribution >= 0.6 is 0 Å². The number of pyridine rings is 1. The van der Waals surface area contributed by atoms with E-state index in [4.69, 9.17) is 0 Å². The fourth-order valence-corrected chi connectivity index (χ4v) is 1.89. The second-order valence-electron chi connectivity index (χ2n) is 4.31. The molecule has 1 amide bonds. The molecule has 0 saturated carbocycles. The lowest BCUT2D eigenvalue weighted by molar-refractivity contribution is -0.118. The Bertz CT molecular complexity index is 535. The molecular formula is C14H18N4O. The van der Waals surface area contributed by atoms with Crippen LogP contribution in [0.25, 0.3) is 11.5 Å². The summed E-state index contributed by atoms with van der Waals surface area (Å²) in [5, 5.41) is 1.69. The molecule has 0 spiro atoms. The van der Waals surface area contributed by atoms with E-state index in [9.17, 15) is 4.79 Å². The second kappa shape index (κ2) is 6.13. The van der Waals surface area contributed by atoms with E-state index in [1.54, 1.807) is 35.2 Å². The van der Waals surface area contributed by atoms with E-state index in [0.717, 1.165) is 18.5 Å². The van der Waals surface area contributed by atoms with Gasteiger partial charge in [0, 0.05) is 32.1 Å². The predicted molar refractivity (Wildman–Crippen MR) is 74.1 cm³/mol. The number of nitrogens with zero attached hydrogens (tertiary/aromatic N) is 4. The van der Waals surface area contributed by atoms with Gasteiger partial charge in [0.05, 0.1) is 0 Å². The summed E-state index contributed by atoms with van der Waals surface area (Å²) in [4.78, 5) is 20.4. The van der Waals surface area contributed by atoms with E-state index in [0.29, 0.717) is 12.4 Å². The van der Waals surface area contributed by atoms with Crippen molar-refractivity contribution in [1.29, 1.82) is 0 Å². The molecule has 0 N–H and O–H groups in total. The first-order valence-corrected chi connectivity index (χ1v) is 6.47. The number of imidazole rings is 1. The fourth-order valence-electron chi connectivity index (χ4n) is 1.89. The van der Waals surface area contributed by atoms with Gasteiger partial charge in [-0.2, -0.15) is 0 Å². The van der Waals surface area contributed by atoms with Crippen LogP contribution in [0.15, 0.2) is 36.8 Å². The molecule has 0 fully saturated rings. The van der Waals surface area contributed by atoms with E-state index in [1.807, 2.05) is 18.2 Å². The SMILES string of the molecule is CCCCN(C(C)=O)n1ccnc1-c1ccccn1. The molecule has 0 aliphatic carbocycles. The minimum atomic E-state index is 0.00336. The first-order valence-electron chi connectivity index (χ1n) is 6.47. The molecule has 0 radical (unpaired) electrons. The van der Waals surface area contributed by atoms with Gasteiger partial charge < -0.3 is 0 Å². The summed E-state index contributed by atoms with van der Waals surface area (Å²) < 4.78 is 1.78. The van der Waals surface area contributed by atoms with Crippen LogP contribution in [-0.4, -0.2) is 27.1 Å². The molecule has 2 heterocycles. The third-order valence-electron chi connectivity index (χ3n) is 2.86. The first kappa shape index (κ1) is 13.3. The molecule has 5 nitrogen and oxygen atoms in total. The van der Waals surface area contributed by atoms with Gasteiger partial charge in [0.25, 0.3) is 0 Å². The normalized spacial score (nSPS) is 10.4. The number of hydrogen-bond acceptors (Lipinski definition) is 3. The second-order valence-corrected chi connectivity index (χ2v) is 4.31. The highest BCUT2D eigenvalue weighted by atomic mass is 16.2. The average molecular weight is 258 g/mol. The van der Waals surface area contributed by atoms with Crippen LogP contribution in [0.5, 0.6) is 0 Å². The Hall–Kier alpha value is -2.17. The lowest BCUT2D eigenvalue weighted by Crippen LogP contribution is -2.39. The monoisotopic (exact) mass is 258 g/mol. The third kappa shape index (κ3) is 2.99. The van der Waals surface area contributed by atoms with Gasteiger partial charge in [0.15, 0.2) is 5.82 Å². The number of aromatic nitrogens is 3. The van der Waals surface area contributed by atoms with Gasteiger partial charge >= 0.3 is 0 Å². The Labute approximate surface area is 112 Å². The lowest BCUT2D eigenvalue weighted by atomic mass is 10.3. The summed E-state index contributed by atoms with van der Waals surface area (Å²) in [6.07, 6.45) is 7.20. The van der Waals surface area contributed by atoms with E-state index in [2.05, 4.69) is 16.9 Å². The molecule has 0 aliphatic heterocycles. The summed E-state index contributed by atoms with van der Waals surface area (Å²) in [6, 6.07) is 5.65. The van der Waals surface area contributed by atoms with Crippen molar-refractivity contribution in [2.45, 2.75) is 26.7 Å². The molecule has 2 aromatic heterocycles. The van der Waals surface area contributed by atoms with Crippen LogP contribution in [0.2, 0.25) is 0 Å². The van der Waals surface area contributed by atoms with Crippen molar-refractivity contribution in [3.05, 3.63) is 36.8 Å². The van der Waals surface area contributed by atoms with Crippen molar-refractivity contribution in [2.24, 2.45) is 0 Å². The van der Waals surface area contributed by atoms with Gasteiger partial charge in [-0.05, 0) is 18.6 Å². The van der Waals surface area contributed by atoms with E-state index in [-0.39, 0.29) is 5.91 Å². The van der Waals surface area contributed by atoms with Crippen molar-refractivity contribution < 1.29 is 4.79 Å². The predicted octanol–water partition coefficient (Wildman–Crippen LogP) is 2.23. The van der Waals surface area contributed by atoms with Crippen LogP contribution in [-0.2, 0) is 4.79 Å². The molecule has 0 aromatic carbocycles. The summed E-state index contributed by atoms with van der Waals surface area (Å²) in [6.45, 7) is 4.35. The van der Waals surface area contributed by atoms with Crippen LogP contribution < -0.4 is 5.01 Å². The van der Waals surface area contributed by atoms with Crippen LogP contribution in [0.3, 0.4) is 0 Å². The summed E-state index contributed by atoms with van der Waals surface area (Å²) in [5.41, 5.74) is 0.759. The Balaban J connectivity index is 2.34. The van der Waals surface area contributed by atoms with Crippen LogP contribution in [0, 0.1) is 0 Å². The Morgan fingerprint density at radius 3 is 2.79 bits per heavy atom. The topological polar surface area (TPSA) is 51.0 Å². The zero-order chi connectivity index (χ0) is 13.7. The molecule has 0 unspecified atom stereocenters. The van der Waals surface area contributed by atoms with Gasteiger partial charge in [0.1, 0.15) is 5.69 Å². The van der Waals surface area contributed by atoms with Crippen molar-refractivity contribution in [3.63, 3.8) is 0 Å². The molecule has 5 heteroatoms. The highest BCUT2D eigenvalue weighted by Crippen LogP contribution is 2.14. The molecule has 100 valence electrons. The Morgan fingerprint density at radius 1 is 1.32 bits per heavy atom. The van der Waals surface area contributed by atoms with Crippen molar-refractivity contribution in [2.75, 3.05) is 11.6 Å². The number of carbonyl (C=O) groups is 1. The number of unbranched alkanes of at least 4 members (excludes halogenated alkanes) is 1. The molecular weight excluding hydrogens is 240 g/mol. The van der Waals surface area contributed by atoms with E-state index < -0.39 is 0 Å². The number of amides is 1. The molecule has 2 rings (SSSR count).